The number of fused-ring (bicyclic) bond motifs is 1. The summed E-state index contributed by atoms with van der Waals surface area (Å²) in [5.41, 5.74) is 2.47. The van der Waals surface area contributed by atoms with Crippen molar-refractivity contribution in [1.29, 1.82) is 0 Å². The van der Waals surface area contributed by atoms with Crippen molar-refractivity contribution in [2.45, 2.75) is 38.1 Å². The monoisotopic (exact) mass is 355 g/mol. The quantitative estimate of drug-likeness (QED) is 0.697. The largest absolute Gasteiger partial charge is 0.436 e. The zero-order chi connectivity index (χ0) is 17.2. The van der Waals surface area contributed by atoms with E-state index in [1.165, 1.54) is 19.3 Å². The summed E-state index contributed by atoms with van der Waals surface area (Å²) in [4.78, 5) is 21.0. The number of nitrogens with one attached hydrogen (secondary N) is 1. The zero-order valence-electron chi connectivity index (χ0n) is 13.7. The van der Waals surface area contributed by atoms with Gasteiger partial charge in [0.15, 0.2) is 5.58 Å². The first-order chi connectivity index (χ1) is 12.2. The molecule has 0 bridgehead atoms. The number of hydrogen-bond acceptors (Lipinski definition) is 4. The van der Waals surface area contributed by atoms with E-state index in [1.807, 2.05) is 0 Å². The average Bonchev–Trinajstić information content (AvgIpc) is 3.06. The van der Waals surface area contributed by atoms with Crippen LogP contribution in [0, 0.1) is 0 Å². The third kappa shape index (κ3) is 3.37. The second kappa shape index (κ2) is 6.84. The van der Waals surface area contributed by atoms with Crippen LogP contribution in [0.4, 0.5) is 0 Å². The lowest BCUT2D eigenvalue weighted by molar-refractivity contribution is 0.0928. The fraction of sp³-hybridized carbons (Fsp3) is 0.316. The van der Waals surface area contributed by atoms with E-state index in [9.17, 15) is 4.79 Å². The number of aromatic nitrogens is 2. The number of amides is 1. The number of benzene rings is 1. The first kappa shape index (κ1) is 16.1. The fourth-order valence-electron chi connectivity index (χ4n) is 3.25. The van der Waals surface area contributed by atoms with Gasteiger partial charge < -0.3 is 9.73 Å². The number of halogens is 1. The van der Waals surface area contributed by atoms with Gasteiger partial charge in [-0.25, -0.2) is 9.97 Å². The molecule has 0 saturated heterocycles. The molecule has 1 N–H and O–H groups in total. The molecule has 1 aliphatic rings. The summed E-state index contributed by atoms with van der Waals surface area (Å²) in [6.07, 6.45) is 7.35. The Morgan fingerprint density at radius 2 is 2.04 bits per heavy atom. The standard InChI is InChI=1S/C19H18ClN3O2/c20-17-14(7-4-10-21-17)19-23-15-11-12(8-9-16(15)25-19)18(24)22-13-5-2-1-3-6-13/h4,7-11,13H,1-3,5-6H2,(H,22,24). The van der Waals surface area contributed by atoms with E-state index in [0.717, 1.165) is 12.8 Å². The van der Waals surface area contributed by atoms with Gasteiger partial charge in [0.25, 0.3) is 5.91 Å². The third-order valence-corrected chi connectivity index (χ3v) is 4.88. The van der Waals surface area contributed by atoms with Crippen molar-refractivity contribution in [3.63, 3.8) is 0 Å². The summed E-state index contributed by atoms with van der Waals surface area (Å²) in [7, 11) is 0. The Morgan fingerprint density at radius 3 is 2.84 bits per heavy atom. The van der Waals surface area contributed by atoms with Crippen LogP contribution in [0.5, 0.6) is 0 Å². The highest BCUT2D eigenvalue weighted by molar-refractivity contribution is 6.31. The molecule has 1 saturated carbocycles. The molecule has 1 aromatic carbocycles. The summed E-state index contributed by atoms with van der Waals surface area (Å²) < 4.78 is 5.75. The molecule has 2 heterocycles. The highest BCUT2D eigenvalue weighted by Gasteiger charge is 2.18. The number of hydrogen-bond donors (Lipinski definition) is 1. The van der Waals surface area contributed by atoms with Crippen molar-refractivity contribution in [3.05, 3.63) is 47.2 Å². The highest BCUT2D eigenvalue weighted by Crippen LogP contribution is 2.29. The molecular weight excluding hydrogens is 338 g/mol. The first-order valence-corrected chi connectivity index (χ1v) is 8.91. The van der Waals surface area contributed by atoms with Gasteiger partial charge in [-0.05, 0) is 43.2 Å². The van der Waals surface area contributed by atoms with Crippen molar-refractivity contribution in [2.75, 3.05) is 0 Å². The maximum absolute atomic E-state index is 12.5. The van der Waals surface area contributed by atoms with Crippen LogP contribution in [-0.2, 0) is 0 Å². The minimum absolute atomic E-state index is 0.0576. The van der Waals surface area contributed by atoms with Crippen molar-refractivity contribution in [1.82, 2.24) is 15.3 Å². The Bertz CT molecular complexity index is 916. The molecule has 0 aliphatic heterocycles. The molecule has 6 heteroatoms. The van der Waals surface area contributed by atoms with Gasteiger partial charge in [-0.1, -0.05) is 30.9 Å². The molecule has 2 aromatic heterocycles. The van der Waals surface area contributed by atoms with Crippen molar-refractivity contribution in [3.8, 4) is 11.5 Å². The van der Waals surface area contributed by atoms with Crippen LogP contribution in [0.2, 0.25) is 5.15 Å². The highest BCUT2D eigenvalue weighted by atomic mass is 35.5. The van der Waals surface area contributed by atoms with E-state index in [4.69, 9.17) is 16.0 Å². The topological polar surface area (TPSA) is 68.0 Å². The van der Waals surface area contributed by atoms with Gasteiger partial charge in [0.05, 0.1) is 5.56 Å². The Balaban J connectivity index is 1.60. The number of oxazole rings is 1. The van der Waals surface area contributed by atoms with E-state index in [-0.39, 0.29) is 11.9 Å². The van der Waals surface area contributed by atoms with Crippen LogP contribution in [0.25, 0.3) is 22.6 Å². The van der Waals surface area contributed by atoms with Gasteiger partial charge >= 0.3 is 0 Å². The maximum atomic E-state index is 12.5. The molecule has 4 rings (SSSR count). The van der Waals surface area contributed by atoms with Gasteiger partial charge in [0, 0.05) is 17.8 Å². The lowest BCUT2D eigenvalue weighted by Gasteiger charge is -2.22. The fourth-order valence-corrected chi connectivity index (χ4v) is 3.45. The van der Waals surface area contributed by atoms with Crippen molar-refractivity contribution < 1.29 is 9.21 Å². The molecule has 3 aromatic rings. The van der Waals surface area contributed by atoms with Crippen LogP contribution in [-0.4, -0.2) is 21.9 Å². The number of pyridine rings is 1. The van der Waals surface area contributed by atoms with E-state index >= 15 is 0 Å². The molecule has 1 fully saturated rings. The molecule has 0 radical (unpaired) electrons. The van der Waals surface area contributed by atoms with Gasteiger partial charge in [-0.2, -0.15) is 0 Å². The summed E-state index contributed by atoms with van der Waals surface area (Å²) in [6.45, 7) is 0. The predicted molar refractivity (Wildman–Crippen MR) is 96.6 cm³/mol. The van der Waals surface area contributed by atoms with Gasteiger partial charge in [0.1, 0.15) is 10.7 Å². The summed E-state index contributed by atoms with van der Waals surface area (Å²) in [6, 6.07) is 9.14. The van der Waals surface area contributed by atoms with Gasteiger partial charge in [-0.3, -0.25) is 4.79 Å². The van der Waals surface area contributed by atoms with Crippen LogP contribution >= 0.6 is 11.6 Å². The Morgan fingerprint density at radius 1 is 1.20 bits per heavy atom. The normalized spacial score (nSPS) is 15.4. The predicted octanol–water partition coefficient (Wildman–Crippen LogP) is 4.61. The van der Waals surface area contributed by atoms with Crippen molar-refractivity contribution >= 4 is 28.6 Å². The van der Waals surface area contributed by atoms with E-state index in [2.05, 4.69) is 15.3 Å². The summed E-state index contributed by atoms with van der Waals surface area (Å²) in [5, 5.41) is 3.46. The molecule has 128 valence electrons. The van der Waals surface area contributed by atoms with Crippen LogP contribution in [0.1, 0.15) is 42.5 Å². The molecule has 5 nitrogen and oxygen atoms in total. The first-order valence-electron chi connectivity index (χ1n) is 8.53. The summed E-state index contributed by atoms with van der Waals surface area (Å²) >= 11 is 6.10. The zero-order valence-corrected chi connectivity index (χ0v) is 14.4. The lowest BCUT2D eigenvalue weighted by atomic mass is 9.95. The van der Waals surface area contributed by atoms with Gasteiger partial charge in [-0.15, -0.1) is 0 Å². The molecule has 1 aliphatic carbocycles. The Kier molecular flexibility index (Phi) is 4.40. The average molecular weight is 356 g/mol. The second-order valence-corrected chi connectivity index (χ2v) is 6.71. The van der Waals surface area contributed by atoms with Crippen LogP contribution < -0.4 is 5.32 Å². The van der Waals surface area contributed by atoms with E-state index in [1.54, 1.807) is 36.5 Å². The van der Waals surface area contributed by atoms with Crippen LogP contribution in [0.3, 0.4) is 0 Å². The maximum Gasteiger partial charge on any atom is 0.251 e. The Labute approximate surface area is 150 Å². The second-order valence-electron chi connectivity index (χ2n) is 6.35. The molecule has 0 spiro atoms. The molecule has 0 atom stereocenters. The SMILES string of the molecule is O=C(NC1CCCCC1)c1ccc2oc(-c3cccnc3Cl)nc2c1. The molecule has 0 unspecified atom stereocenters. The molecule has 1 amide bonds. The van der Waals surface area contributed by atoms with Gasteiger partial charge in [0.2, 0.25) is 5.89 Å². The minimum Gasteiger partial charge on any atom is -0.436 e. The van der Waals surface area contributed by atoms with Crippen LogP contribution in [0.15, 0.2) is 40.9 Å². The smallest absolute Gasteiger partial charge is 0.251 e. The number of rotatable bonds is 3. The third-order valence-electron chi connectivity index (χ3n) is 4.58. The van der Waals surface area contributed by atoms with E-state index in [0.29, 0.717) is 33.3 Å². The number of nitrogens with zero attached hydrogens (tertiary/aromatic N) is 2. The summed E-state index contributed by atoms with van der Waals surface area (Å²) in [5.74, 6) is 0.343. The lowest BCUT2D eigenvalue weighted by Crippen LogP contribution is -2.36. The van der Waals surface area contributed by atoms with E-state index < -0.39 is 0 Å². The number of carbonyl (C=O) groups is 1. The number of carbonyl (C=O) groups excluding carboxylic acids is 1. The minimum atomic E-state index is -0.0576. The molecular formula is C19H18ClN3O2. The Hall–Kier alpha value is -2.40. The molecule has 25 heavy (non-hydrogen) atoms. The van der Waals surface area contributed by atoms with Crippen molar-refractivity contribution in [2.24, 2.45) is 0 Å².